The fourth-order valence-corrected chi connectivity index (χ4v) is 3.33. The van der Waals surface area contributed by atoms with E-state index in [-0.39, 0.29) is 6.04 Å². The molecule has 0 fully saturated rings. The van der Waals surface area contributed by atoms with Crippen LogP contribution in [0.2, 0.25) is 10.0 Å². The quantitative estimate of drug-likeness (QED) is 0.866. The summed E-state index contributed by atoms with van der Waals surface area (Å²) in [6.45, 7) is 6.90. The van der Waals surface area contributed by atoms with Crippen LogP contribution in [0.1, 0.15) is 34.1 Å². The first-order valence-corrected chi connectivity index (χ1v) is 7.66. The van der Waals surface area contributed by atoms with Crippen molar-refractivity contribution in [1.29, 1.82) is 0 Å². The van der Waals surface area contributed by atoms with Crippen molar-refractivity contribution in [3.8, 4) is 0 Å². The molecule has 0 aliphatic rings. The molecule has 102 valence electrons. The standard InChI is InChI=1S/C14H16Cl2N2S/c1-8(14-9(2)18-10(3)19-14)17-7-11-5-4-6-12(15)13(11)16/h4-6,8,17H,7H2,1-3H3. The Morgan fingerprint density at radius 1 is 1.32 bits per heavy atom. The molecule has 1 atom stereocenters. The Morgan fingerprint density at radius 2 is 2.05 bits per heavy atom. The summed E-state index contributed by atoms with van der Waals surface area (Å²) < 4.78 is 0. The van der Waals surface area contributed by atoms with Gasteiger partial charge in [0.1, 0.15) is 0 Å². The molecule has 1 aromatic carbocycles. The molecule has 1 aromatic heterocycles. The largest absolute Gasteiger partial charge is 0.305 e. The van der Waals surface area contributed by atoms with Crippen LogP contribution in [0.15, 0.2) is 18.2 Å². The van der Waals surface area contributed by atoms with Gasteiger partial charge in [0.05, 0.1) is 20.7 Å². The SMILES string of the molecule is Cc1nc(C)c(C(C)NCc2cccc(Cl)c2Cl)s1. The Balaban J connectivity index is 2.06. The van der Waals surface area contributed by atoms with Crippen LogP contribution >= 0.6 is 34.5 Å². The van der Waals surface area contributed by atoms with E-state index in [2.05, 4.69) is 17.2 Å². The van der Waals surface area contributed by atoms with E-state index in [1.54, 1.807) is 17.4 Å². The topological polar surface area (TPSA) is 24.9 Å². The first kappa shape index (κ1) is 14.8. The van der Waals surface area contributed by atoms with E-state index in [4.69, 9.17) is 23.2 Å². The van der Waals surface area contributed by atoms with E-state index >= 15 is 0 Å². The lowest BCUT2D eigenvalue weighted by Crippen LogP contribution is -2.18. The van der Waals surface area contributed by atoms with Gasteiger partial charge >= 0.3 is 0 Å². The van der Waals surface area contributed by atoms with E-state index < -0.39 is 0 Å². The van der Waals surface area contributed by atoms with Crippen molar-refractivity contribution in [2.75, 3.05) is 0 Å². The first-order valence-electron chi connectivity index (χ1n) is 6.09. The number of hydrogen-bond acceptors (Lipinski definition) is 3. The van der Waals surface area contributed by atoms with E-state index in [0.29, 0.717) is 16.6 Å². The van der Waals surface area contributed by atoms with Crippen LogP contribution in [0, 0.1) is 13.8 Å². The highest BCUT2D eigenvalue weighted by atomic mass is 35.5. The molecule has 5 heteroatoms. The number of benzene rings is 1. The van der Waals surface area contributed by atoms with Crippen molar-refractivity contribution in [3.05, 3.63) is 49.4 Å². The fourth-order valence-electron chi connectivity index (χ4n) is 1.99. The van der Waals surface area contributed by atoms with Crippen LogP contribution in [0.4, 0.5) is 0 Å². The second kappa shape index (κ2) is 6.23. The summed E-state index contributed by atoms with van der Waals surface area (Å²) in [5.74, 6) is 0. The molecule has 2 aromatic rings. The zero-order chi connectivity index (χ0) is 14.0. The van der Waals surface area contributed by atoms with Gasteiger partial charge in [-0.3, -0.25) is 0 Å². The molecule has 0 saturated carbocycles. The molecule has 0 saturated heterocycles. The van der Waals surface area contributed by atoms with E-state index in [1.165, 1.54) is 4.88 Å². The summed E-state index contributed by atoms with van der Waals surface area (Å²) in [4.78, 5) is 5.72. The third-order valence-electron chi connectivity index (χ3n) is 2.96. The van der Waals surface area contributed by atoms with Crippen LogP contribution < -0.4 is 5.32 Å². The summed E-state index contributed by atoms with van der Waals surface area (Å²) >= 11 is 13.9. The molecule has 1 unspecified atom stereocenters. The number of rotatable bonds is 4. The molecule has 0 radical (unpaired) electrons. The van der Waals surface area contributed by atoms with Crippen molar-refractivity contribution in [2.24, 2.45) is 0 Å². The minimum absolute atomic E-state index is 0.251. The highest BCUT2D eigenvalue weighted by Gasteiger charge is 2.13. The van der Waals surface area contributed by atoms with Gasteiger partial charge in [-0.25, -0.2) is 4.98 Å². The minimum Gasteiger partial charge on any atom is -0.305 e. The number of nitrogens with one attached hydrogen (secondary N) is 1. The van der Waals surface area contributed by atoms with Crippen molar-refractivity contribution in [3.63, 3.8) is 0 Å². The molecular formula is C14H16Cl2N2S. The lowest BCUT2D eigenvalue weighted by molar-refractivity contribution is 0.579. The third kappa shape index (κ3) is 3.48. The average Bonchev–Trinajstić information content (AvgIpc) is 2.70. The van der Waals surface area contributed by atoms with Crippen LogP contribution in [0.25, 0.3) is 0 Å². The number of aromatic nitrogens is 1. The van der Waals surface area contributed by atoms with Crippen LogP contribution in [0.5, 0.6) is 0 Å². The third-order valence-corrected chi connectivity index (χ3v) is 5.08. The van der Waals surface area contributed by atoms with Gasteiger partial charge in [0, 0.05) is 17.5 Å². The molecule has 0 spiro atoms. The maximum atomic E-state index is 6.18. The number of halogens is 2. The van der Waals surface area contributed by atoms with Crippen molar-refractivity contribution in [2.45, 2.75) is 33.4 Å². The molecule has 0 bridgehead atoms. The van der Waals surface area contributed by atoms with Gasteiger partial charge in [0.2, 0.25) is 0 Å². The summed E-state index contributed by atoms with van der Waals surface area (Å²) in [5, 5.41) is 5.79. The van der Waals surface area contributed by atoms with Gasteiger partial charge < -0.3 is 5.32 Å². The number of thiazole rings is 1. The summed E-state index contributed by atoms with van der Waals surface area (Å²) in [5.41, 5.74) is 2.11. The lowest BCUT2D eigenvalue weighted by atomic mass is 10.2. The Morgan fingerprint density at radius 3 is 2.68 bits per heavy atom. The van der Waals surface area contributed by atoms with Gasteiger partial charge in [-0.2, -0.15) is 0 Å². The molecule has 1 heterocycles. The minimum atomic E-state index is 0.251. The van der Waals surface area contributed by atoms with Crippen molar-refractivity contribution < 1.29 is 0 Å². The maximum absolute atomic E-state index is 6.18. The summed E-state index contributed by atoms with van der Waals surface area (Å²) in [7, 11) is 0. The summed E-state index contributed by atoms with van der Waals surface area (Å²) in [6, 6.07) is 5.95. The molecular weight excluding hydrogens is 299 g/mol. The molecule has 1 N–H and O–H groups in total. The normalized spacial score (nSPS) is 12.7. The molecule has 0 aliphatic heterocycles. The van der Waals surface area contributed by atoms with Crippen molar-refractivity contribution in [1.82, 2.24) is 10.3 Å². The maximum Gasteiger partial charge on any atom is 0.0900 e. The highest BCUT2D eigenvalue weighted by molar-refractivity contribution is 7.11. The van der Waals surface area contributed by atoms with Gasteiger partial charge in [0.25, 0.3) is 0 Å². The van der Waals surface area contributed by atoms with Gasteiger partial charge in [-0.1, -0.05) is 35.3 Å². The van der Waals surface area contributed by atoms with Gasteiger partial charge in [0.15, 0.2) is 0 Å². The summed E-state index contributed by atoms with van der Waals surface area (Å²) in [6.07, 6.45) is 0. The molecule has 19 heavy (non-hydrogen) atoms. The molecule has 0 amide bonds. The van der Waals surface area contributed by atoms with E-state index in [9.17, 15) is 0 Å². The van der Waals surface area contributed by atoms with Crippen LogP contribution in [-0.4, -0.2) is 4.98 Å². The Bertz CT molecular complexity index is 581. The highest BCUT2D eigenvalue weighted by Crippen LogP contribution is 2.27. The molecule has 2 nitrogen and oxygen atoms in total. The van der Waals surface area contributed by atoms with Crippen LogP contribution in [-0.2, 0) is 6.54 Å². The second-order valence-electron chi connectivity index (χ2n) is 4.50. The Hall–Kier alpha value is -0.610. The molecule has 0 aliphatic carbocycles. The lowest BCUT2D eigenvalue weighted by Gasteiger charge is -2.14. The Kier molecular flexibility index (Phi) is 4.85. The smallest absolute Gasteiger partial charge is 0.0900 e. The predicted molar refractivity (Wildman–Crippen MR) is 83.3 cm³/mol. The van der Waals surface area contributed by atoms with Gasteiger partial charge in [-0.15, -0.1) is 11.3 Å². The zero-order valence-corrected chi connectivity index (χ0v) is 13.5. The average molecular weight is 315 g/mol. The zero-order valence-electron chi connectivity index (χ0n) is 11.1. The molecule has 2 rings (SSSR count). The van der Waals surface area contributed by atoms with Crippen molar-refractivity contribution >= 4 is 34.5 Å². The first-order chi connectivity index (χ1) is 8.99. The van der Waals surface area contributed by atoms with Gasteiger partial charge in [-0.05, 0) is 32.4 Å². The van der Waals surface area contributed by atoms with Crippen LogP contribution in [0.3, 0.4) is 0 Å². The fraction of sp³-hybridized carbons (Fsp3) is 0.357. The monoisotopic (exact) mass is 314 g/mol. The second-order valence-corrected chi connectivity index (χ2v) is 6.52. The number of nitrogens with zero attached hydrogens (tertiary/aromatic N) is 1. The predicted octanol–water partition coefficient (Wildman–Crippen LogP) is 4.92. The van der Waals surface area contributed by atoms with E-state index in [0.717, 1.165) is 16.3 Å². The number of hydrogen-bond donors (Lipinski definition) is 1. The Labute approximate surface area is 127 Å². The van der Waals surface area contributed by atoms with E-state index in [1.807, 2.05) is 26.0 Å². The number of aryl methyl sites for hydroxylation is 2.